The van der Waals surface area contributed by atoms with Crippen molar-refractivity contribution in [3.05, 3.63) is 47.5 Å². The van der Waals surface area contributed by atoms with E-state index in [0.717, 1.165) is 50.4 Å². The highest BCUT2D eigenvalue weighted by molar-refractivity contribution is 5.90. The zero-order valence-electron chi connectivity index (χ0n) is 23.9. The quantitative estimate of drug-likeness (QED) is 0.232. The van der Waals surface area contributed by atoms with Gasteiger partial charge in [-0.1, -0.05) is 12.8 Å². The van der Waals surface area contributed by atoms with E-state index in [-0.39, 0.29) is 23.3 Å². The molecule has 0 aromatic heterocycles. The lowest BCUT2D eigenvalue weighted by Crippen LogP contribution is -2.41. The molecule has 0 aliphatic heterocycles. The Balaban J connectivity index is 1.59. The molecular formula is C30H42N6O4. The molecule has 10 nitrogen and oxygen atoms in total. The maximum Gasteiger partial charge on any atom is 0.243 e. The number of amides is 2. The van der Waals surface area contributed by atoms with Gasteiger partial charge in [-0.05, 0) is 64.8 Å². The number of phenols is 2. The lowest BCUT2D eigenvalue weighted by atomic mass is 9.78. The maximum atomic E-state index is 12.9. The topological polar surface area (TPSA) is 130 Å². The van der Waals surface area contributed by atoms with Crippen LogP contribution in [-0.2, 0) is 9.59 Å². The minimum atomic E-state index is -0.540. The van der Waals surface area contributed by atoms with Crippen molar-refractivity contribution < 1.29 is 19.8 Å². The molecule has 40 heavy (non-hydrogen) atoms. The summed E-state index contributed by atoms with van der Waals surface area (Å²) in [7, 11) is 0. The first-order valence-electron chi connectivity index (χ1n) is 14.1. The van der Waals surface area contributed by atoms with Gasteiger partial charge in [-0.3, -0.25) is 9.59 Å². The van der Waals surface area contributed by atoms with Gasteiger partial charge in [-0.2, -0.15) is 10.2 Å². The summed E-state index contributed by atoms with van der Waals surface area (Å²) in [6, 6.07) is 10.7. The van der Waals surface area contributed by atoms with Crippen LogP contribution in [-0.4, -0.2) is 60.6 Å². The molecule has 0 heterocycles. The Bertz CT molecular complexity index is 1110. The monoisotopic (exact) mass is 550 g/mol. The Kier molecular flexibility index (Phi) is 11.4. The van der Waals surface area contributed by atoms with Gasteiger partial charge in [0.1, 0.15) is 11.5 Å². The van der Waals surface area contributed by atoms with Gasteiger partial charge in [-0.25, -0.2) is 10.9 Å². The van der Waals surface area contributed by atoms with E-state index in [2.05, 4.69) is 30.9 Å². The van der Waals surface area contributed by atoms with E-state index in [9.17, 15) is 19.8 Å². The molecule has 2 atom stereocenters. The minimum absolute atomic E-state index is 0.0731. The van der Waals surface area contributed by atoms with Crippen LogP contribution in [0.25, 0.3) is 0 Å². The molecule has 3 rings (SSSR count). The van der Waals surface area contributed by atoms with E-state index < -0.39 is 11.8 Å². The molecule has 10 heteroatoms. The normalized spacial score (nSPS) is 17.2. The van der Waals surface area contributed by atoms with Gasteiger partial charge in [0.15, 0.2) is 0 Å². The second-order valence-electron chi connectivity index (χ2n) is 9.80. The number of carbonyl (C=O) groups is 2. The third kappa shape index (κ3) is 7.74. The Hall–Kier alpha value is -4.08. The summed E-state index contributed by atoms with van der Waals surface area (Å²) in [5.41, 5.74) is 7.87. The number of anilines is 2. The fourth-order valence-corrected chi connectivity index (χ4v) is 5.11. The number of hydrogen-bond donors (Lipinski definition) is 4. The lowest BCUT2D eigenvalue weighted by molar-refractivity contribution is -0.136. The first-order chi connectivity index (χ1) is 19.3. The van der Waals surface area contributed by atoms with E-state index in [1.54, 1.807) is 24.3 Å². The molecule has 0 bridgehead atoms. The fraction of sp³-hybridized carbons (Fsp3) is 0.467. The van der Waals surface area contributed by atoms with E-state index in [1.807, 2.05) is 39.8 Å². The zero-order valence-corrected chi connectivity index (χ0v) is 23.9. The van der Waals surface area contributed by atoms with Crippen molar-refractivity contribution in [3.63, 3.8) is 0 Å². The van der Waals surface area contributed by atoms with Gasteiger partial charge in [0.25, 0.3) is 0 Å². The van der Waals surface area contributed by atoms with Crippen molar-refractivity contribution >= 4 is 35.6 Å². The van der Waals surface area contributed by atoms with Crippen molar-refractivity contribution in [2.24, 2.45) is 22.0 Å². The molecule has 0 radical (unpaired) electrons. The molecule has 1 fully saturated rings. The molecular weight excluding hydrogens is 508 g/mol. The van der Waals surface area contributed by atoms with Crippen molar-refractivity contribution in [1.29, 1.82) is 0 Å². The summed E-state index contributed by atoms with van der Waals surface area (Å²) in [5, 5.41) is 28.9. The van der Waals surface area contributed by atoms with Crippen LogP contribution in [0.4, 0.5) is 11.4 Å². The van der Waals surface area contributed by atoms with Gasteiger partial charge in [0.2, 0.25) is 11.8 Å². The molecule has 1 aliphatic rings. The molecule has 0 spiro atoms. The molecule has 2 aromatic carbocycles. The molecule has 0 unspecified atom stereocenters. The molecule has 1 saturated carbocycles. The number of nitrogens with one attached hydrogen (secondary N) is 2. The van der Waals surface area contributed by atoms with Crippen LogP contribution in [0.5, 0.6) is 11.5 Å². The Morgan fingerprint density at radius 1 is 0.750 bits per heavy atom. The molecule has 2 amide bonds. The first-order valence-corrected chi connectivity index (χ1v) is 14.1. The second kappa shape index (κ2) is 14.9. The average molecular weight is 551 g/mol. The number of hydrogen-bond acceptors (Lipinski definition) is 8. The average Bonchev–Trinajstić information content (AvgIpc) is 2.96. The molecule has 0 saturated heterocycles. The summed E-state index contributed by atoms with van der Waals surface area (Å²) >= 11 is 0. The summed E-state index contributed by atoms with van der Waals surface area (Å²) in [6.07, 6.45) is 5.63. The van der Waals surface area contributed by atoms with E-state index in [0.29, 0.717) is 24.0 Å². The number of nitrogens with zero attached hydrogens (tertiary/aromatic N) is 4. The van der Waals surface area contributed by atoms with Crippen LogP contribution >= 0.6 is 0 Å². The van der Waals surface area contributed by atoms with Crippen LogP contribution in [0.3, 0.4) is 0 Å². The van der Waals surface area contributed by atoms with Gasteiger partial charge in [-0.15, -0.1) is 0 Å². The van der Waals surface area contributed by atoms with Crippen molar-refractivity contribution in [2.45, 2.75) is 53.4 Å². The highest BCUT2D eigenvalue weighted by Crippen LogP contribution is 2.31. The molecule has 216 valence electrons. The molecule has 1 aliphatic carbocycles. The largest absolute Gasteiger partial charge is 0.507 e. The van der Waals surface area contributed by atoms with Crippen molar-refractivity contribution in [3.8, 4) is 11.5 Å². The Morgan fingerprint density at radius 3 is 1.45 bits per heavy atom. The fourth-order valence-electron chi connectivity index (χ4n) is 5.11. The summed E-state index contributed by atoms with van der Waals surface area (Å²) in [4.78, 5) is 30.1. The smallest absolute Gasteiger partial charge is 0.243 e. The lowest BCUT2D eigenvalue weighted by Gasteiger charge is -2.28. The van der Waals surface area contributed by atoms with E-state index in [4.69, 9.17) is 0 Å². The van der Waals surface area contributed by atoms with E-state index in [1.165, 1.54) is 12.4 Å². The zero-order chi connectivity index (χ0) is 29.1. The van der Waals surface area contributed by atoms with Gasteiger partial charge in [0, 0.05) is 60.8 Å². The van der Waals surface area contributed by atoms with Crippen LogP contribution in [0.15, 0.2) is 46.6 Å². The van der Waals surface area contributed by atoms with Crippen LogP contribution in [0.2, 0.25) is 0 Å². The third-order valence-corrected chi connectivity index (χ3v) is 7.48. The number of carbonyl (C=O) groups excluding carboxylic acids is 2. The van der Waals surface area contributed by atoms with Crippen LogP contribution in [0.1, 0.15) is 64.5 Å². The number of hydrazone groups is 2. The van der Waals surface area contributed by atoms with Crippen LogP contribution in [0, 0.1) is 11.8 Å². The SMILES string of the molecule is CCN(CC)c1ccc(/C=N/NC(=O)[C@H]2CCCC[C@@H]2C(=O)N/N=C/c2ccc(N(CC)CC)cc2O)c(O)c1. The standard InChI is InChI=1S/C30H42N6O4/c1-5-35(6-2)23-15-13-21(27(37)17-23)19-31-33-29(39)25-11-9-10-12-26(25)30(40)34-32-20-22-14-16-24(18-28(22)38)36(7-3)8-4/h13-20,25-26,37-38H,5-12H2,1-4H3,(H,33,39)(H,34,40)/b31-19+,32-20+/t25-,26-/m0/s1. The predicted molar refractivity (Wildman–Crippen MR) is 160 cm³/mol. The number of rotatable bonds is 12. The minimum Gasteiger partial charge on any atom is -0.507 e. The number of phenolic OH excluding ortho intramolecular Hbond substituents is 2. The Morgan fingerprint density at radius 2 is 1.12 bits per heavy atom. The van der Waals surface area contributed by atoms with Crippen molar-refractivity contribution in [1.82, 2.24) is 10.9 Å². The maximum absolute atomic E-state index is 12.9. The van der Waals surface area contributed by atoms with Gasteiger partial charge in [0.05, 0.1) is 24.3 Å². The highest BCUT2D eigenvalue weighted by Gasteiger charge is 2.35. The summed E-state index contributed by atoms with van der Waals surface area (Å²) in [5.74, 6) is -1.62. The number of benzene rings is 2. The third-order valence-electron chi connectivity index (χ3n) is 7.48. The first kappa shape index (κ1) is 30.5. The van der Waals surface area contributed by atoms with E-state index >= 15 is 0 Å². The number of aromatic hydroxyl groups is 2. The predicted octanol–water partition coefficient (Wildman–Crippen LogP) is 4.20. The summed E-state index contributed by atoms with van der Waals surface area (Å²) in [6.45, 7) is 11.5. The highest BCUT2D eigenvalue weighted by atomic mass is 16.3. The Labute approximate surface area is 236 Å². The van der Waals surface area contributed by atoms with Crippen molar-refractivity contribution in [2.75, 3.05) is 36.0 Å². The second-order valence-corrected chi connectivity index (χ2v) is 9.80. The molecule has 2 aromatic rings. The van der Waals surface area contributed by atoms with Gasteiger partial charge < -0.3 is 20.0 Å². The van der Waals surface area contributed by atoms with Gasteiger partial charge >= 0.3 is 0 Å². The molecule has 4 N–H and O–H groups in total. The summed E-state index contributed by atoms with van der Waals surface area (Å²) < 4.78 is 0. The van der Waals surface area contributed by atoms with Crippen LogP contribution < -0.4 is 20.7 Å².